The molecule has 7 nitrogen and oxygen atoms in total. The highest BCUT2D eigenvalue weighted by Gasteiger charge is 2.26. The van der Waals surface area contributed by atoms with Gasteiger partial charge in [-0.1, -0.05) is 0 Å². The molecule has 1 amide bonds. The molecule has 33 heavy (non-hydrogen) atoms. The van der Waals surface area contributed by atoms with E-state index in [-0.39, 0.29) is 18.1 Å². The second-order valence-electron chi connectivity index (χ2n) is 7.39. The molecule has 0 fully saturated rings. The number of hydrogen-bond donors (Lipinski definition) is 1. The zero-order valence-electron chi connectivity index (χ0n) is 17.5. The van der Waals surface area contributed by atoms with Crippen LogP contribution in [0.15, 0.2) is 65.4 Å². The standard InChI is InChI=1S/C24H18BrFN6O/c1-14(22-20(26)3-2-8-29-22)32(13-18-6-4-15(11-27)12-30-18)24(33)16-5-7-21-17(9-16)10-19(25)23(28)31-21/h2-10,12,14H,13H2,1H3,(H2,28,31)/t14-/m1/s1. The lowest BCUT2D eigenvalue weighted by Gasteiger charge is -2.29. The molecule has 0 aliphatic carbocycles. The van der Waals surface area contributed by atoms with Gasteiger partial charge in [0.1, 0.15) is 17.7 Å². The number of pyridine rings is 3. The van der Waals surface area contributed by atoms with Crippen molar-refractivity contribution in [3.8, 4) is 6.07 Å². The molecular formula is C24H18BrFN6O. The summed E-state index contributed by atoms with van der Waals surface area (Å²) in [5, 5.41) is 9.75. The predicted molar refractivity (Wildman–Crippen MR) is 125 cm³/mol. The van der Waals surface area contributed by atoms with Crippen LogP contribution in [-0.2, 0) is 6.54 Å². The summed E-state index contributed by atoms with van der Waals surface area (Å²) in [6.07, 6.45) is 2.93. The Morgan fingerprint density at radius 2 is 2.06 bits per heavy atom. The van der Waals surface area contributed by atoms with Crippen molar-refractivity contribution in [3.63, 3.8) is 0 Å². The summed E-state index contributed by atoms with van der Waals surface area (Å²) in [7, 11) is 0. The summed E-state index contributed by atoms with van der Waals surface area (Å²) in [5.41, 5.74) is 8.02. The van der Waals surface area contributed by atoms with Gasteiger partial charge in [-0.25, -0.2) is 9.37 Å². The van der Waals surface area contributed by atoms with Crippen molar-refractivity contribution in [2.24, 2.45) is 0 Å². The van der Waals surface area contributed by atoms with E-state index in [0.717, 1.165) is 5.39 Å². The van der Waals surface area contributed by atoms with Crippen molar-refractivity contribution in [2.45, 2.75) is 19.5 Å². The van der Waals surface area contributed by atoms with Crippen LogP contribution in [0.25, 0.3) is 10.9 Å². The molecule has 3 heterocycles. The van der Waals surface area contributed by atoms with E-state index in [0.29, 0.717) is 32.6 Å². The van der Waals surface area contributed by atoms with Crippen molar-refractivity contribution in [3.05, 3.63) is 93.7 Å². The van der Waals surface area contributed by atoms with Crippen molar-refractivity contribution >= 4 is 38.6 Å². The normalized spacial score (nSPS) is 11.7. The van der Waals surface area contributed by atoms with Gasteiger partial charge in [0.25, 0.3) is 5.91 Å². The third-order valence-corrected chi connectivity index (χ3v) is 5.87. The van der Waals surface area contributed by atoms with Crippen molar-refractivity contribution in [1.29, 1.82) is 5.26 Å². The second-order valence-corrected chi connectivity index (χ2v) is 8.25. The second kappa shape index (κ2) is 9.30. The van der Waals surface area contributed by atoms with Crippen molar-refractivity contribution in [2.75, 3.05) is 5.73 Å². The number of hydrogen-bond acceptors (Lipinski definition) is 6. The number of benzene rings is 1. The Morgan fingerprint density at radius 3 is 2.76 bits per heavy atom. The van der Waals surface area contributed by atoms with Crippen molar-refractivity contribution < 1.29 is 9.18 Å². The molecule has 0 spiro atoms. The summed E-state index contributed by atoms with van der Waals surface area (Å²) in [5.74, 6) is -0.472. The van der Waals surface area contributed by atoms with Crippen LogP contribution in [0.4, 0.5) is 10.2 Å². The molecule has 1 atom stereocenters. The Hall–Kier alpha value is -3.90. The molecule has 164 valence electrons. The number of nitrogens with two attached hydrogens (primary N) is 1. The Bertz CT molecular complexity index is 1390. The number of fused-ring (bicyclic) bond motifs is 1. The zero-order chi connectivity index (χ0) is 23.5. The molecule has 4 rings (SSSR count). The van der Waals surface area contributed by atoms with Gasteiger partial charge in [0.05, 0.1) is 39.5 Å². The average Bonchev–Trinajstić information content (AvgIpc) is 2.83. The van der Waals surface area contributed by atoms with Gasteiger partial charge in [-0.2, -0.15) is 5.26 Å². The molecule has 2 N–H and O–H groups in total. The van der Waals surface area contributed by atoms with Crippen LogP contribution in [0, 0.1) is 17.1 Å². The molecule has 0 unspecified atom stereocenters. The first-order valence-corrected chi connectivity index (χ1v) is 10.8. The summed E-state index contributed by atoms with van der Waals surface area (Å²) in [6, 6.07) is 14.3. The monoisotopic (exact) mass is 504 g/mol. The quantitative estimate of drug-likeness (QED) is 0.418. The van der Waals surface area contributed by atoms with Gasteiger partial charge < -0.3 is 10.6 Å². The van der Waals surface area contributed by atoms with E-state index in [1.165, 1.54) is 29.4 Å². The summed E-state index contributed by atoms with van der Waals surface area (Å²) in [4.78, 5) is 27.9. The Kier molecular flexibility index (Phi) is 6.29. The fraction of sp³-hybridized carbons (Fsp3) is 0.125. The number of carbonyl (C=O) groups is 1. The summed E-state index contributed by atoms with van der Waals surface area (Å²) < 4.78 is 15.1. The maximum absolute atomic E-state index is 14.5. The van der Waals surface area contributed by atoms with Crippen molar-refractivity contribution in [1.82, 2.24) is 19.9 Å². The number of carbonyl (C=O) groups excluding carboxylic acids is 1. The molecule has 0 bridgehead atoms. The molecule has 4 aromatic rings. The van der Waals surface area contributed by atoms with Crippen LogP contribution < -0.4 is 5.73 Å². The number of rotatable bonds is 5. The number of nitriles is 1. The molecule has 9 heteroatoms. The predicted octanol–water partition coefficient (Wildman–Crippen LogP) is 4.78. The average molecular weight is 505 g/mol. The number of amides is 1. The van der Waals surface area contributed by atoms with Crippen LogP contribution in [0.3, 0.4) is 0 Å². The fourth-order valence-corrected chi connectivity index (χ4v) is 3.80. The maximum Gasteiger partial charge on any atom is 0.254 e. The third-order valence-electron chi connectivity index (χ3n) is 5.24. The fourth-order valence-electron chi connectivity index (χ4n) is 3.46. The first-order chi connectivity index (χ1) is 15.9. The molecule has 0 saturated heterocycles. The van der Waals surface area contributed by atoms with Gasteiger partial charge in [0.15, 0.2) is 0 Å². The SMILES string of the molecule is C[C@H](c1ncccc1F)N(Cc1ccc(C#N)cn1)C(=O)c1ccc2nc(N)c(Br)cc2c1. The summed E-state index contributed by atoms with van der Waals surface area (Å²) in [6.45, 7) is 1.82. The molecular weight excluding hydrogens is 487 g/mol. The number of halogens is 2. The smallest absolute Gasteiger partial charge is 0.254 e. The highest BCUT2D eigenvalue weighted by molar-refractivity contribution is 9.10. The minimum atomic E-state index is -0.678. The molecule has 3 aromatic heterocycles. The number of anilines is 1. The largest absolute Gasteiger partial charge is 0.383 e. The lowest BCUT2D eigenvalue weighted by Crippen LogP contribution is -2.34. The summed E-state index contributed by atoms with van der Waals surface area (Å²) >= 11 is 3.36. The van der Waals surface area contributed by atoms with Crippen LogP contribution in [-0.4, -0.2) is 25.8 Å². The van der Waals surface area contributed by atoms with Crippen LogP contribution >= 0.6 is 15.9 Å². The Balaban J connectivity index is 1.75. The molecule has 0 aliphatic heterocycles. The van der Waals surface area contributed by atoms with E-state index in [9.17, 15) is 9.18 Å². The number of nitrogens with zero attached hydrogens (tertiary/aromatic N) is 5. The van der Waals surface area contributed by atoms with Gasteiger partial charge >= 0.3 is 0 Å². The van der Waals surface area contributed by atoms with Crippen LogP contribution in [0.2, 0.25) is 0 Å². The highest BCUT2D eigenvalue weighted by Crippen LogP contribution is 2.28. The molecule has 0 saturated carbocycles. The van der Waals surface area contributed by atoms with E-state index in [2.05, 4.69) is 30.9 Å². The van der Waals surface area contributed by atoms with Gasteiger partial charge in [0.2, 0.25) is 0 Å². The first-order valence-electron chi connectivity index (χ1n) is 9.99. The minimum Gasteiger partial charge on any atom is -0.383 e. The molecule has 1 aromatic carbocycles. The van der Waals surface area contributed by atoms with E-state index >= 15 is 0 Å². The van der Waals surface area contributed by atoms with Gasteiger partial charge in [-0.15, -0.1) is 0 Å². The number of aromatic nitrogens is 3. The minimum absolute atomic E-state index is 0.101. The Morgan fingerprint density at radius 1 is 1.24 bits per heavy atom. The molecule has 0 radical (unpaired) electrons. The van der Waals surface area contributed by atoms with Crippen LogP contribution in [0.1, 0.15) is 40.3 Å². The van der Waals surface area contributed by atoms with Crippen LogP contribution in [0.5, 0.6) is 0 Å². The highest BCUT2D eigenvalue weighted by atomic mass is 79.9. The first kappa shape index (κ1) is 22.3. The zero-order valence-corrected chi connectivity index (χ0v) is 19.1. The lowest BCUT2D eigenvalue weighted by atomic mass is 10.1. The topological polar surface area (TPSA) is 109 Å². The van der Waals surface area contributed by atoms with E-state index in [1.807, 2.05) is 6.07 Å². The van der Waals surface area contributed by atoms with E-state index in [4.69, 9.17) is 11.0 Å². The van der Waals surface area contributed by atoms with Gasteiger partial charge in [-0.3, -0.25) is 14.8 Å². The molecule has 0 aliphatic rings. The van der Waals surface area contributed by atoms with E-state index in [1.54, 1.807) is 43.3 Å². The van der Waals surface area contributed by atoms with E-state index < -0.39 is 11.9 Å². The third kappa shape index (κ3) is 4.66. The van der Waals surface area contributed by atoms with Gasteiger partial charge in [0, 0.05) is 23.3 Å². The number of nitrogen functional groups attached to an aromatic ring is 1. The van der Waals surface area contributed by atoms with Gasteiger partial charge in [-0.05, 0) is 71.4 Å². The maximum atomic E-state index is 14.5. The Labute approximate surface area is 197 Å². The lowest BCUT2D eigenvalue weighted by molar-refractivity contribution is 0.0664.